The van der Waals surface area contributed by atoms with Gasteiger partial charge in [0.2, 0.25) is 0 Å². The van der Waals surface area contributed by atoms with Gasteiger partial charge in [-0.25, -0.2) is 0 Å². The van der Waals surface area contributed by atoms with Gasteiger partial charge in [0.25, 0.3) is 0 Å². The first-order chi connectivity index (χ1) is 4.86. The van der Waals surface area contributed by atoms with Gasteiger partial charge in [0.15, 0.2) is 0 Å². The van der Waals surface area contributed by atoms with Crippen LogP contribution in [0.15, 0.2) is 18.2 Å². The second-order valence-corrected chi connectivity index (χ2v) is 2.23. The minimum Gasteiger partial charge on any atom is -0.325 e. The second kappa shape index (κ2) is 3.54. The molecule has 0 unspecified atom stereocenters. The molecule has 2 N–H and O–H groups in total. The fourth-order valence-electron chi connectivity index (χ4n) is 0.717. The molecule has 0 amide bonds. The van der Waals surface area contributed by atoms with E-state index < -0.39 is 0 Å². The summed E-state index contributed by atoms with van der Waals surface area (Å²) in [6.45, 7) is 0.477. The Morgan fingerprint density at radius 3 is 2.70 bits per heavy atom. The molecule has 0 aliphatic rings. The topological polar surface area (TPSA) is 38.9 Å². The van der Waals surface area contributed by atoms with Crippen LogP contribution >= 0.6 is 11.6 Å². The van der Waals surface area contributed by atoms with E-state index in [2.05, 4.69) is 4.98 Å². The number of nitrogens with two attached hydrogens (primary N) is 1. The van der Waals surface area contributed by atoms with E-state index in [9.17, 15) is 0 Å². The Morgan fingerprint density at radius 1 is 1.40 bits per heavy atom. The Bertz CT molecular complexity index is 193. The molecule has 0 spiro atoms. The monoisotopic (exact) mass is 156 g/mol. The molecule has 0 radical (unpaired) electrons. The third kappa shape index (κ3) is 1.69. The molecule has 2 nitrogen and oxygen atoms in total. The van der Waals surface area contributed by atoms with Gasteiger partial charge in [0, 0.05) is 6.54 Å². The SMILES string of the molecule is NCc1cccc(CCl)n1. The van der Waals surface area contributed by atoms with Crippen LogP contribution < -0.4 is 5.73 Å². The lowest BCUT2D eigenvalue weighted by Crippen LogP contribution is -2.00. The predicted octanol–water partition coefficient (Wildman–Crippen LogP) is 1.28. The van der Waals surface area contributed by atoms with E-state index in [4.69, 9.17) is 17.3 Å². The van der Waals surface area contributed by atoms with Crippen LogP contribution in [-0.2, 0) is 12.4 Å². The molecule has 10 heavy (non-hydrogen) atoms. The van der Waals surface area contributed by atoms with Crippen molar-refractivity contribution in [3.05, 3.63) is 29.6 Å². The van der Waals surface area contributed by atoms with Crippen LogP contribution in [0, 0.1) is 0 Å². The van der Waals surface area contributed by atoms with Gasteiger partial charge >= 0.3 is 0 Å². The van der Waals surface area contributed by atoms with Crippen molar-refractivity contribution in [3.63, 3.8) is 0 Å². The molecule has 0 atom stereocenters. The normalized spacial score (nSPS) is 9.80. The maximum atomic E-state index is 5.55. The standard InChI is InChI=1S/C7H9ClN2/c8-4-6-2-1-3-7(5-9)10-6/h1-3H,4-5,9H2. The highest BCUT2D eigenvalue weighted by molar-refractivity contribution is 6.16. The van der Waals surface area contributed by atoms with Gasteiger partial charge in [-0.15, -0.1) is 11.6 Å². The van der Waals surface area contributed by atoms with Crippen molar-refractivity contribution in [2.45, 2.75) is 12.4 Å². The summed E-state index contributed by atoms with van der Waals surface area (Å²) in [7, 11) is 0. The van der Waals surface area contributed by atoms with Crippen LogP contribution in [0.1, 0.15) is 11.4 Å². The van der Waals surface area contributed by atoms with E-state index in [-0.39, 0.29) is 0 Å². The first-order valence-corrected chi connectivity index (χ1v) is 3.61. The van der Waals surface area contributed by atoms with Gasteiger partial charge in [0.05, 0.1) is 17.3 Å². The van der Waals surface area contributed by atoms with Gasteiger partial charge in [-0.1, -0.05) is 6.07 Å². The Hall–Kier alpha value is -0.600. The lowest BCUT2D eigenvalue weighted by Gasteiger charge is -1.96. The second-order valence-electron chi connectivity index (χ2n) is 1.96. The van der Waals surface area contributed by atoms with Crippen molar-refractivity contribution in [1.29, 1.82) is 0 Å². The van der Waals surface area contributed by atoms with Crippen molar-refractivity contribution in [2.24, 2.45) is 5.73 Å². The molecule has 3 heteroatoms. The van der Waals surface area contributed by atoms with Crippen LogP contribution in [-0.4, -0.2) is 4.98 Å². The highest BCUT2D eigenvalue weighted by atomic mass is 35.5. The quantitative estimate of drug-likeness (QED) is 0.656. The highest BCUT2D eigenvalue weighted by Crippen LogP contribution is 2.00. The van der Waals surface area contributed by atoms with Gasteiger partial charge in [-0.3, -0.25) is 4.98 Å². The molecule has 1 aromatic rings. The molecule has 0 fully saturated rings. The first kappa shape index (κ1) is 7.51. The van der Waals surface area contributed by atoms with E-state index in [1.165, 1.54) is 0 Å². The molecule has 0 aromatic carbocycles. The van der Waals surface area contributed by atoms with E-state index >= 15 is 0 Å². The van der Waals surface area contributed by atoms with Crippen molar-refractivity contribution in [1.82, 2.24) is 4.98 Å². The largest absolute Gasteiger partial charge is 0.325 e. The van der Waals surface area contributed by atoms with E-state index in [0.29, 0.717) is 12.4 Å². The number of aromatic nitrogens is 1. The number of alkyl halides is 1. The number of pyridine rings is 1. The maximum Gasteiger partial charge on any atom is 0.0647 e. The average Bonchev–Trinajstić information content (AvgIpc) is 2.05. The fraction of sp³-hybridized carbons (Fsp3) is 0.286. The fourth-order valence-corrected chi connectivity index (χ4v) is 0.866. The molecule has 0 aliphatic carbocycles. The third-order valence-corrected chi connectivity index (χ3v) is 1.48. The molecule has 0 saturated heterocycles. The minimum atomic E-state index is 0.452. The van der Waals surface area contributed by atoms with E-state index in [0.717, 1.165) is 11.4 Å². The summed E-state index contributed by atoms with van der Waals surface area (Å²) in [5.41, 5.74) is 7.13. The van der Waals surface area contributed by atoms with Gasteiger partial charge in [0.1, 0.15) is 0 Å². The summed E-state index contributed by atoms with van der Waals surface area (Å²) in [4.78, 5) is 4.15. The number of halogens is 1. The zero-order valence-corrected chi connectivity index (χ0v) is 6.30. The molecular formula is C7H9ClN2. The zero-order chi connectivity index (χ0) is 7.40. The van der Waals surface area contributed by atoms with Crippen LogP contribution in [0.3, 0.4) is 0 Å². The highest BCUT2D eigenvalue weighted by Gasteiger charge is 1.92. The molecule has 1 aromatic heterocycles. The van der Waals surface area contributed by atoms with Crippen LogP contribution in [0.25, 0.3) is 0 Å². The molecule has 0 aliphatic heterocycles. The first-order valence-electron chi connectivity index (χ1n) is 3.07. The van der Waals surface area contributed by atoms with Gasteiger partial charge in [-0.05, 0) is 12.1 Å². The Kier molecular flexibility index (Phi) is 2.66. The lowest BCUT2D eigenvalue weighted by molar-refractivity contribution is 0.964. The molecule has 0 saturated carbocycles. The summed E-state index contributed by atoms with van der Waals surface area (Å²) in [6.07, 6.45) is 0. The minimum absolute atomic E-state index is 0.452. The number of nitrogens with zero attached hydrogens (tertiary/aromatic N) is 1. The Morgan fingerprint density at radius 2 is 2.10 bits per heavy atom. The summed E-state index contributed by atoms with van der Waals surface area (Å²) in [5.74, 6) is 0.452. The molecular weight excluding hydrogens is 148 g/mol. The molecule has 0 bridgehead atoms. The van der Waals surface area contributed by atoms with Crippen molar-refractivity contribution < 1.29 is 0 Å². The van der Waals surface area contributed by atoms with Gasteiger partial charge in [-0.2, -0.15) is 0 Å². The summed E-state index contributed by atoms with van der Waals surface area (Å²) in [6, 6.07) is 5.68. The van der Waals surface area contributed by atoms with E-state index in [1.807, 2.05) is 18.2 Å². The van der Waals surface area contributed by atoms with Crippen molar-refractivity contribution >= 4 is 11.6 Å². The summed E-state index contributed by atoms with van der Waals surface area (Å²) < 4.78 is 0. The van der Waals surface area contributed by atoms with Gasteiger partial charge < -0.3 is 5.73 Å². The average molecular weight is 157 g/mol. The smallest absolute Gasteiger partial charge is 0.0647 e. The lowest BCUT2D eigenvalue weighted by atomic mass is 10.3. The number of hydrogen-bond donors (Lipinski definition) is 1. The maximum absolute atomic E-state index is 5.55. The number of rotatable bonds is 2. The Balaban J connectivity index is 2.87. The van der Waals surface area contributed by atoms with Crippen LogP contribution in [0.2, 0.25) is 0 Å². The van der Waals surface area contributed by atoms with Crippen molar-refractivity contribution in [2.75, 3.05) is 0 Å². The van der Waals surface area contributed by atoms with Crippen LogP contribution in [0.4, 0.5) is 0 Å². The van der Waals surface area contributed by atoms with E-state index in [1.54, 1.807) is 0 Å². The molecule has 1 heterocycles. The molecule has 1 rings (SSSR count). The number of hydrogen-bond acceptors (Lipinski definition) is 2. The summed E-state index contributed by atoms with van der Waals surface area (Å²) >= 11 is 5.55. The van der Waals surface area contributed by atoms with Crippen LogP contribution in [0.5, 0.6) is 0 Å². The predicted molar refractivity (Wildman–Crippen MR) is 41.7 cm³/mol. The van der Waals surface area contributed by atoms with Crippen molar-refractivity contribution in [3.8, 4) is 0 Å². The third-order valence-electron chi connectivity index (χ3n) is 1.21. The summed E-state index contributed by atoms with van der Waals surface area (Å²) in [5, 5.41) is 0. The Labute approximate surface area is 65.0 Å². The molecule has 54 valence electrons. The zero-order valence-electron chi connectivity index (χ0n) is 5.55.